The van der Waals surface area contributed by atoms with Crippen LogP contribution in [0.3, 0.4) is 0 Å². The second-order valence-electron chi connectivity index (χ2n) is 3.44. The summed E-state index contributed by atoms with van der Waals surface area (Å²) in [6, 6.07) is -0.989. The number of aliphatic carboxylic acids is 1. The number of hydrogen-bond acceptors (Lipinski definition) is 5. The summed E-state index contributed by atoms with van der Waals surface area (Å²) in [7, 11) is 1.46. The van der Waals surface area contributed by atoms with Gasteiger partial charge >= 0.3 is 5.97 Å². The van der Waals surface area contributed by atoms with Crippen LogP contribution in [0.15, 0.2) is 10.7 Å². The predicted molar refractivity (Wildman–Crippen MR) is 56.6 cm³/mol. The number of carboxylic acid groups (broad SMARTS) is 1. The predicted octanol–water partition coefficient (Wildman–Crippen LogP) is 0.203. The van der Waals surface area contributed by atoms with Crippen LogP contribution in [-0.4, -0.2) is 41.9 Å². The molecule has 0 spiro atoms. The minimum Gasteiger partial charge on any atom is -0.480 e. The smallest absolute Gasteiger partial charge is 0.326 e. The van der Waals surface area contributed by atoms with Gasteiger partial charge < -0.3 is 19.7 Å². The summed E-state index contributed by atoms with van der Waals surface area (Å²) in [5.74, 6) is -1.28. The Labute approximate surface area is 97.7 Å². The SMILES string of the molecule is COCCC(NC(=O)c1cnoc1C)C(=O)O. The third-order valence-electron chi connectivity index (χ3n) is 2.21. The Morgan fingerprint density at radius 3 is 2.82 bits per heavy atom. The number of carbonyl (C=O) groups excluding carboxylic acids is 1. The van der Waals surface area contributed by atoms with Gasteiger partial charge in [-0.2, -0.15) is 0 Å². The van der Waals surface area contributed by atoms with E-state index in [-0.39, 0.29) is 18.6 Å². The highest BCUT2D eigenvalue weighted by atomic mass is 16.5. The number of nitrogens with one attached hydrogen (secondary N) is 1. The molecule has 0 fully saturated rings. The molecule has 1 atom stereocenters. The number of amides is 1. The fourth-order valence-electron chi connectivity index (χ4n) is 1.25. The Morgan fingerprint density at radius 1 is 1.65 bits per heavy atom. The van der Waals surface area contributed by atoms with Gasteiger partial charge in [0.05, 0.1) is 6.20 Å². The monoisotopic (exact) mass is 242 g/mol. The molecule has 0 bridgehead atoms. The molecule has 1 aromatic rings. The van der Waals surface area contributed by atoms with Crippen molar-refractivity contribution in [3.8, 4) is 0 Å². The van der Waals surface area contributed by atoms with Gasteiger partial charge in [-0.05, 0) is 6.92 Å². The van der Waals surface area contributed by atoms with Crippen molar-refractivity contribution in [1.82, 2.24) is 10.5 Å². The first kappa shape index (κ1) is 13.2. The number of ether oxygens (including phenoxy) is 1. The van der Waals surface area contributed by atoms with Crippen LogP contribution in [0.1, 0.15) is 22.5 Å². The van der Waals surface area contributed by atoms with E-state index in [2.05, 4.69) is 10.5 Å². The summed E-state index contributed by atoms with van der Waals surface area (Å²) in [5.41, 5.74) is 0.230. The van der Waals surface area contributed by atoms with E-state index >= 15 is 0 Å². The lowest BCUT2D eigenvalue weighted by molar-refractivity contribution is -0.139. The van der Waals surface area contributed by atoms with Crippen LogP contribution in [0, 0.1) is 6.92 Å². The molecule has 7 heteroatoms. The van der Waals surface area contributed by atoms with Crippen molar-refractivity contribution in [1.29, 1.82) is 0 Å². The molecule has 2 N–H and O–H groups in total. The average molecular weight is 242 g/mol. The molecule has 0 saturated heterocycles. The van der Waals surface area contributed by atoms with E-state index in [9.17, 15) is 9.59 Å². The van der Waals surface area contributed by atoms with E-state index < -0.39 is 17.9 Å². The first-order valence-corrected chi connectivity index (χ1v) is 5.00. The number of methoxy groups -OCH3 is 1. The highest BCUT2D eigenvalue weighted by Gasteiger charge is 2.22. The third kappa shape index (κ3) is 3.56. The van der Waals surface area contributed by atoms with Gasteiger partial charge in [-0.3, -0.25) is 4.79 Å². The van der Waals surface area contributed by atoms with Gasteiger partial charge in [-0.15, -0.1) is 0 Å². The van der Waals surface area contributed by atoms with Crippen molar-refractivity contribution in [2.75, 3.05) is 13.7 Å². The number of carboxylic acids is 1. The molecule has 7 nitrogen and oxygen atoms in total. The number of aryl methyl sites for hydroxylation is 1. The van der Waals surface area contributed by atoms with Crippen LogP contribution in [0.5, 0.6) is 0 Å². The minimum atomic E-state index is -1.11. The first-order valence-electron chi connectivity index (χ1n) is 5.00. The third-order valence-corrected chi connectivity index (χ3v) is 2.21. The zero-order valence-corrected chi connectivity index (χ0v) is 9.60. The fourth-order valence-corrected chi connectivity index (χ4v) is 1.25. The Kier molecular flexibility index (Phi) is 4.65. The van der Waals surface area contributed by atoms with Crippen molar-refractivity contribution >= 4 is 11.9 Å². The van der Waals surface area contributed by atoms with Crippen LogP contribution in [0.4, 0.5) is 0 Å². The number of nitrogens with zero attached hydrogens (tertiary/aromatic N) is 1. The second kappa shape index (κ2) is 6.00. The van der Waals surface area contributed by atoms with Crippen molar-refractivity contribution in [2.24, 2.45) is 0 Å². The van der Waals surface area contributed by atoms with E-state index in [1.54, 1.807) is 6.92 Å². The summed E-state index contributed by atoms with van der Waals surface area (Å²) < 4.78 is 9.50. The lowest BCUT2D eigenvalue weighted by Crippen LogP contribution is -2.41. The molecule has 0 aromatic carbocycles. The summed E-state index contributed by atoms with van der Waals surface area (Å²) in [6.07, 6.45) is 1.45. The molecule has 1 unspecified atom stereocenters. The molecule has 0 aliphatic heterocycles. The zero-order valence-electron chi connectivity index (χ0n) is 9.60. The van der Waals surface area contributed by atoms with E-state index in [0.717, 1.165) is 0 Å². The van der Waals surface area contributed by atoms with Crippen molar-refractivity contribution in [2.45, 2.75) is 19.4 Å². The van der Waals surface area contributed by atoms with Crippen molar-refractivity contribution in [3.05, 3.63) is 17.5 Å². The van der Waals surface area contributed by atoms with Gasteiger partial charge in [0.1, 0.15) is 17.4 Å². The second-order valence-corrected chi connectivity index (χ2v) is 3.44. The Balaban J connectivity index is 2.64. The average Bonchev–Trinajstić information content (AvgIpc) is 2.70. The molecule has 1 aromatic heterocycles. The van der Waals surface area contributed by atoms with Gasteiger partial charge in [0.2, 0.25) is 0 Å². The molecule has 1 rings (SSSR count). The lowest BCUT2D eigenvalue weighted by Gasteiger charge is -2.13. The van der Waals surface area contributed by atoms with Crippen LogP contribution in [0.2, 0.25) is 0 Å². The maximum atomic E-state index is 11.7. The Bertz CT molecular complexity index is 401. The number of carbonyl (C=O) groups is 2. The molecular weight excluding hydrogens is 228 g/mol. The number of hydrogen-bond donors (Lipinski definition) is 2. The molecule has 0 saturated carbocycles. The maximum Gasteiger partial charge on any atom is 0.326 e. The van der Waals surface area contributed by atoms with Crippen molar-refractivity contribution < 1.29 is 24.0 Å². The van der Waals surface area contributed by atoms with E-state index in [0.29, 0.717) is 5.76 Å². The number of aromatic nitrogens is 1. The van der Waals surface area contributed by atoms with Crippen LogP contribution < -0.4 is 5.32 Å². The first-order chi connectivity index (χ1) is 8.06. The Morgan fingerprint density at radius 2 is 2.35 bits per heavy atom. The molecular formula is C10H14N2O5. The molecule has 94 valence electrons. The van der Waals surface area contributed by atoms with E-state index in [1.807, 2.05) is 0 Å². The van der Waals surface area contributed by atoms with Gasteiger partial charge in [-0.25, -0.2) is 4.79 Å². The molecule has 17 heavy (non-hydrogen) atoms. The molecule has 0 aliphatic carbocycles. The summed E-state index contributed by atoms with van der Waals surface area (Å²) >= 11 is 0. The summed E-state index contributed by atoms with van der Waals surface area (Å²) in [4.78, 5) is 22.6. The molecule has 1 heterocycles. The quantitative estimate of drug-likeness (QED) is 0.739. The van der Waals surface area contributed by atoms with Crippen molar-refractivity contribution in [3.63, 3.8) is 0 Å². The van der Waals surface area contributed by atoms with Gasteiger partial charge in [0, 0.05) is 20.1 Å². The largest absolute Gasteiger partial charge is 0.480 e. The van der Waals surface area contributed by atoms with Gasteiger partial charge in [0.15, 0.2) is 0 Å². The zero-order chi connectivity index (χ0) is 12.8. The molecule has 0 aliphatic rings. The Hall–Kier alpha value is -1.89. The summed E-state index contributed by atoms with van der Waals surface area (Å²) in [5, 5.41) is 14.7. The van der Waals surface area contributed by atoms with E-state index in [1.165, 1.54) is 13.3 Å². The fraction of sp³-hybridized carbons (Fsp3) is 0.500. The maximum absolute atomic E-state index is 11.7. The molecule has 1 amide bonds. The van der Waals surface area contributed by atoms with Crippen LogP contribution >= 0.6 is 0 Å². The van der Waals surface area contributed by atoms with Crippen LogP contribution in [0.25, 0.3) is 0 Å². The topological polar surface area (TPSA) is 102 Å². The highest BCUT2D eigenvalue weighted by molar-refractivity contribution is 5.97. The lowest BCUT2D eigenvalue weighted by atomic mass is 10.2. The minimum absolute atomic E-state index is 0.196. The van der Waals surface area contributed by atoms with E-state index in [4.69, 9.17) is 14.4 Å². The summed E-state index contributed by atoms with van der Waals surface area (Å²) in [6.45, 7) is 1.83. The molecule has 0 radical (unpaired) electrons. The highest BCUT2D eigenvalue weighted by Crippen LogP contribution is 2.06. The van der Waals surface area contributed by atoms with Crippen LogP contribution in [-0.2, 0) is 9.53 Å². The standard InChI is InChI=1S/C10H14N2O5/c1-6-7(5-11-17-6)9(13)12-8(10(14)15)3-4-16-2/h5,8H,3-4H2,1-2H3,(H,12,13)(H,14,15). The number of rotatable bonds is 6. The van der Waals surface area contributed by atoms with Gasteiger partial charge in [-0.1, -0.05) is 5.16 Å². The van der Waals surface area contributed by atoms with Gasteiger partial charge in [0.25, 0.3) is 5.91 Å². The normalized spacial score (nSPS) is 12.1.